The third kappa shape index (κ3) is 3.22. The normalized spacial score (nSPS) is 33.5. The third-order valence-electron chi connectivity index (χ3n) is 6.41. The fourth-order valence-electron chi connectivity index (χ4n) is 5.19. The van der Waals surface area contributed by atoms with Crippen molar-refractivity contribution in [3.63, 3.8) is 0 Å². The van der Waals surface area contributed by atoms with Crippen LogP contribution in [0.4, 0.5) is 0 Å². The zero-order valence-corrected chi connectivity index (χ0v) is 15.3. The second-order valence-electron chi connectivity index (χ2n) is 7.82. The molecule has 0 radical (unpaired) electrons. The van der Waals surface area contributed by atoms with Crippen LogP contribution >= 0.6 is 0 Å². The number of carbonyl (C=O) groups is 1. The molecule has 1 amide bonds. The Morgan fingerprint density at radius 3 is 2.64 bits per heavy atom. The molecular weight excluding hydrogens is 312 g/mol. The molecule has 136 valence electrons. The Hall–Kier alpha value is -1.39. The molecule has 1 aromatic rings. The summed E-state index contributed by atoms with van der Waals surface area (Å²) in [5.74, 6) is 1.30. The smallest absolute Gasteiger partial charge is 0.248 e. The molecule has 4 nitrogen and oxygen atoms in total. The Balaban J connectivity index is 1.53. The van der Waals surface area contributed by atoms with Gasteiger partial charge >= 0.3 is 0 Å². The van der Waals surface area contributed by atoms with Crippen LogP contribution in [0, 0.1) is 5.92 Å². The van der Waals surface area contributed by atoms with Crippen molar-refractivity contribution in [2.45, 2.75) is 50.6 Å². The molecule has 0 aliphatic carbocycles. The number of amides is 1. The number of fused-ring (bicyclic) bond motifs is 2. The Morgan fingerprint density at radius 1 is 1.16 bits per heavy atom. The molecule has 0 saturated carbocycles. The molecule has 25 heavy (non-hydrogen) atoms. The average molecular weight is 342 g/mol. The topological polar surface area (TPSA) is 32.8 Å². The maximum absolute atomic E-state index is 12.9. The number of nitrogens with zero attached hydrogens (tertiary/aromatic N) is 2. The number of carbonyl (C=O) groups excluding carboxylic acids is 1. The minimum atomic E-state index is 0.193. The van der Waals surface area contributed by atoms with E-state index < -0.39 is 0 Å². The zero-order chi connectivity index (χ0) is 17.2. The first-order valence-corrected chi connectivity index (χ1v) is 9.95. The van der Waals surface area contributed by atoms with Crippen molar-refractivity contribution in [3.8, 4) is 0 Å². The molecule has 4 heteroatoms. The summed E-state index contributed by atoms with van der Waals surface area (Å²) in [5.41, 5.74) is 1.38. The van der Waals surface area contributed by atoms with Gasteiger partial charge < -0.3 is 9.64 Å². The van der Waals surface area contributed by atoms with Gasteiger partial charge in [-0.3, -0.25) is 9.69 Å². The first kappa shape index (κ1) is 17.0. The summed E-state index contributed by atoms with van der Waals surface area (Å²) in [5, 5.41) is 0. The van der Waals surface area contributed by atoms with E-state index in [1.54, 1.807) is 0 Å². The van der Waals surface area contributed by atoms with Crippen molar-refractivity contribution >= 4 is 5.91 Å². The van der Waals surface area contributed by atoms with E-state index in [-0.39, 0.29) is 12.5 Å². The number of hydrogen-bond donors (Lipinski definition) is 0. The molecule has 3 atom stereocenters. The van der Waals surface area contributed by atoms with Crippen LogP contribution in [-0.4, -0.2) is 60.6 Å². The van der Waals surface area contributed by atoms with Crippen LogP contribution in [0.5, 0.6) is 0 Å². The largest absolute Gasteiger partial charge is 0.372 e. The van der Waals surface area contributed by atoms with Crippen LogP contribution < -0.4 is 0 Å². The van der Waals surface area contributed by atoms with E-state index >= 15 is 0 Å². The molecule has 0 N–H and O–H groups in total. The predicted octanol–water partition coefficient (Wildman–Crippen LogP) is 2.89. The van der Waals surface area contributed by atoms with Crippen molar-refractivity contribution in [2.24, 2.45) is 5.92 Å². The van der Waals surface area contributed by atoms with Gasteiger partial charge in [-0.15, -0.1) is 0 Å². The lowest BCUT2D eigenvalue weighted by molar-refractivity contribution is -0.140. The zero-order valence-electron chi connectivity index (χ0n) is 15.3. The first-order valence-electron chi connectivity index (χ1n) is 9.95. The second kappa shape index (κ2) is 7.46. The van der Waals surface area contributed by atoms with Crippen molar-refractivity contribution in [2.75, 3.05) is 32.8 Å². The highest BCUT2D eigenvalue weighted by Crippen LogP contribution is 2.46. The van der Waals surface area contributed by atoms with Gasteiger partial charge in [-0.05, 0) is 43.8 Å². The Kier molecular flexibility index (Phi) is 5.09. The summed E-state index contributed by atoms with van der Waals surface area (Å²) in [7, 11) is 0. The lowest BCUT2D eigenvalue weighted by Crippen LogP contribution is -2.61. The summed E-state index contributed by atoms with van der Waals surface area (Å²) < 4.78 is 5.64. The standard InChI is InChI=1S/C21H30N2O2/c1-2-3-13-25-15-19(24)23-14-18(16-7-5-4-6-8-16)21-20(23)17-9-11-22(21)12-10-17/h4-8,17-18,20-21H,2-3,9-15H2,1H3/t18-,20+,21+/m1/s1. The van der Waals surface area contributed by atoms with E-state index in [9.17, 15) is 4.79 Å². The van der Waals surface area contributed by atoms with Gasteiger partial charge in [-0.2, -0.15) is 0 Å². The SMILES string of the molecule is CCCCOCC(=O)N1C[C@H](c2ccccc2)[C@H]2[C@@H]1C1CCN2CC1. The number of rotatable bonds is 6. The van der Waals surface area contributed by atoms with E-state index in [2.05, 4.69) is 47.1 Å². The van der Waals surface area contributed by atoms with Crippen LogP contribution in [0.25, 0.3) is 0 Å². The molecule has 0 unspecified atom stereocenters. The fraction of sp³-hybridized carbons (Fsp3) is 0.667. The Labute approximate surface area is 151 Å². The number of benzene rings is 1. The van der Waals surface area contributed by atoms with E-state index in [1.807, 2.05) is 0 Å². The Morgan fingerprint density at radius 2 is 1.92 bits per heavy atom. The van der Waals surface area contributed by atoms with Crippen molar-refractivity contribution in [1.82, 2.24) is 9.80 Å². The van der Waals surface area contributed by atoms with Crippen LogP contribution in [-0.2, 0) is 9.53 Å². The molecule has 0 spiro atoms. The number of likely N-dealkylation sites (tertiary alicyclic amines) is 1. The number of unbranched alkanes of at least 4 members (excludes halogenated alkanes) is 1. The van der Waals surface area contributed by atoms with Gasteiger partial charge in [0, 0.05) is 25.1 Å². The highest BCUT2D eigenvalue weighted by molar-refractivity contribution is 5.78. The van der Waals surface area contributed by atoms with Gasteiger partial charge in [0.1, 0.15) is 6.61 Å². The van der Waals surface area contributed by atoms with Crippen LogP contribution in [0.2, 0.25) is 0 Å². The molecule has 1 aromatic carbocycles. The summed E-state index contributed by atoms with van der Waals surface area (Å²) >= 11 is 0. The highest BCUT2D eigenvalue weighted by atomic mass is 16.5. The van der Waals surface area contributed by atoms with E-state index in [4.69, 9.17) is 4.74 Å². The van der Waals surface area contributed by atoms with Gasteiger partial charge in [0.05, 0.1) is 6.04 Å². The van der Waals surface area contributed by atoms with Gasteiger partial charge in [0.15, 0.2) is 0 Å². The molecule has 4 aliphatic heterocycles. The summed E-state index contributed by atoms with van der Waals surface area (Å²) in [6.45, 7) is 6.34. The summed E-state index contributed by atoms with van der Waals surface area (Å²) in [6.07, 6.45) is 4.62. The number of hydrogen-bond acceptors (Lipinski definition) is 3. The third-order valence-corrected chi connectivity index (χ3v) is 6.41. The molecule has 4 saturated heterocycles. The maximum Gasteiger partial charge on any atom is 0.248 e. The molecule has 4 fully saturated rings. The Bertz CT molecular complexity index is 583. The van der Waals surface area contributed by atoms with E-state index in [0.717, 1.165) is 19.4 Å². The molecule has 4 heterocycles. The van der Waals surface area contributed by atoms with Crippen LogP contribution in [0.1, 0.15) is 44.1 Å². The second-order valence-corrected chi connectivity index (χ2v) is 7.82. The monoisotopic (exact) mass is 342 g/mol. The van der Waals surface area contributed by atoms with Crippen LogP contribution in [0.15, 0.2) is 30.3 Å². The lowest BCUT2D eigenvalue weighted by Gasteiger charge is -2.51. The van der Waals surface area contributed by atoms with Gasteiger partial charge in [-0.1, -0.05) is 43.7 Å². The summed E-state index contributed by atoms with van der Waals surface area (Å²) in [6, 6.07) is 11.7. The fourth-order valence-corrected chi connectivity index (χ4v) is 5.19. The predicted molar refractivity (Wildman–Crippen MR) is 98.5 cm³/mol. The minimum absolute atomic E-state index is 0.193. The molecular formula is C21H30N2O2. The van der Waals surface area contributed by atoms with Crippen LogP contribution in [0.3, 0.4) is 0 Å². The molecule has 2 bridgehead atoms. The van der Waals surface area contributed by atoms with Crippen molar-refractivity contribution in [1.29, 1.82) is 0 Å². The number of piperidine rings is 3. The molecule has 4 aliphatic rings. The van der Waals surface area contributed by atoms with Gasteiger partial charge in [0.25, 0.3) is 0 Å². The number of ether oxygens (including phenoxy) is 1. The quantitative estimate of drug-likeness (QED) is 0.745. The summed E-state index contributed by atoms with van der Waals surface area (Å²) in [4.78, 5) is 17.7. The van der Waals surface area contributed by atoms with Gasteiger partial charge in [-0.25, -0.2) is 0 Å². The first-order chi connectivity index (χ1) is 12.3. The highest BCUT2D eigenvalue weighted by Gasteiger charge is 2.54. The van der Waals surface area contributed by atoms with Crippen molar-refractivity contribution < 1.29 is 9.53 Å². The van der Waals surface area contributed by atoms with E-state index in [0.29, 0.717) is 30.5 Å². The lowest BCUT2D eigenvalue weighted by atomic mass is 9.75. The molecule has 5 rings (SSSR count). The average Bonchev–Trinajstić information content (AvgIpc) is 3.10. The van der Waals surface area contributed by atoms with E-state index in [1.165, 1.54) is 31.5 Å². The minimum Gasteiger partial charge on any atom is -0.372 e. The van der Waals surface area contributed by atoms with Gasteiger partial charge in [0.2, 0.25) is 5.91 Å². The molecule has 0 aromatic heterocycles. The van der Waals surface area contributed by atoms with Crippen molar-refractivity contribution in [3.05, 3.63) is 35.9 Å². The maximum atomic E-state index is 12.9.